The molecule has 1 aromatic rings. The predicted octanol–water partition coefficient (Wildman–Crippen LogP) is 0.133. The molecule has 2 heterocycles. The maximum Gasteiger partial charge on any atom is 0.322 e. The van der Waals surface area contributed by atoms with Crippen LogP contribution >= 0.6 is 11.3 Å². The number of nitrogens with zero attached hydrogens (tertiary/aromatic N) is 1. The number of hydrogen-bond donors (Lipinski definition) is 2. The van der Waals surface area contributed by atoms with E-state index in [9.17, 15) is 9.59 Å². The average molecular weight is 240 g/mol. The lowest BCUT2D eigenvalue weighted by Gasteiger charge is -2.32. The van der Waals surface area contributed by atoms with Gasteiger partial charge in [0.05, 0.1) is 6.54 Å². The molecule has 0 bridgehead atoms. The van der Waals surface area contributed by atoms with Crippen molar-refractivity contribution in [2.75, 3.05) is 13.1 Å². The first-order valence-electron chi connectivity index (χ1n) is 4.93. The fraction of sp³-hybridized carbons (Fsp3) is 0.400. The predicted molar refractivity (Wildman–Crippen MR) is 59.2 cm³/mol. The highest BCUT2D eigenvalue weighted by atomic mass is 32.1. The number of amides is 1. The topological polar surface area (TPSA) is 69.6 Å². The molecule has 5 nitrogen and oxygen atoms in total. The van der Waals surface area contributed by atoms with Crippen molar-refractivity contribution in [3.8, 4) is 0 Å². The normalized spacial score (nSPS) is 21.8. The first-order chi connectivity index (χ1) is 7.66. The van der Waals surface area contributed by atoms with Crippen molar-refractivity contribution in [2.45, 2.75) is 12.6 Å². The second-order valence-electron chi connectivity index (χ2n) is 3.64. The van der Waals surface area contributed by atoms with E-state index in [0.29, 0.717) is 6.54 Å². The van der Waals surface area contributed by atoms with Crippen molar-refractivity contribution in [3.63, 3.8) is 0 Å². The van der Waals surface area contributed by atoms with Crippen molar-refractivity contribution in [1.29, 1.82) is 0 Å². The Bertz CT molecular complexity index is 391. The lowest BCUT2D eigenvalue weighted by molar-refractivity contribution is -0.146. The molecule has 1 aliphatic rings. The van der Waals surface area contributed by atoms with Crippen LogP contribution in [0, 0.1) is 0 Å². The maximum absolute atomic E-state index is 11.2. The van der Waals surface area contributed by atoms with E-state index < -0.39 is 12.0 Å². The van der Waals surface area contributed by atoms with Gasteiger partial charge in [-0.2, -0.15) is 0 Å². The summed E-state index contributed by atoms with van der Waals surface area (Å²) in [6, 6.07) is 3.23. The molecule has 1 aromatic heterocycles. The third-order valence-electron chi connectivity index (χ3n) is 2.50. The van der Waals surface area contributed by atoms with E-state index in [1.54, 1.807) is 16.2 Å². The first kappa shape index (κ1) is 11.1. The van der Waals surface area contributed by atoms with Gasteiger partial charge in [0.15, 0.2) is 0 Å². The van der Waals surface area contributed by atoms with Crippen LogP contribution < -0.4 is 5.32 Å². The quantitative estimate of drug-likeness (QED) is 0.788. The second kappa shape index (κ2) is 4.63. The number of nitrogens with one attached hydrogen (secondary N) is 1. The van der Waals surface area contributed by atoms with Gasteiger partial charge in [-0.25, -0.2) is 0 Å². The smallest absolute Gasteiger partial charge is 0.322 e. The van der Waals surface area contributed by atoms with Crippen molar-refractivity contribution in [3.05, 3.63) is 22.4 Å². The summed E-state index contributed by atoms with van der Waals surface area (Å²) in [6.07, 6.45) is 0. The molecule has 2 N–H and O–H groups in total. The Kier molecular flexibility index (Phi) is 3.21. The summed E-state index contributed by atoms with van der Waals surface area (Å²) in [5, 5.41) is 13.5. The van der Waals surface area contributed by atoms with E-state index in [2.05, 4.69) is 5.32 Å². The van der Waals surface area contributed by atoms with Gasteiger partial charge in [-0.3, -0.25) is 14.5 Å². The van der Waals surface area contributed by atoms with Crippen LogP contribution in [0.3, 0.4) is 0 Å². The molecule has 0 aliphatic carbocycles. The van der Waals surface area contributed by atoms with E-state index in [0.717, 1.165) is 4.88 Å². The summed E-state index contributed by atoms with van der Waals surface area (Å²) in [7, 11) is 0. The van der Waals surface area contributed by atoms with Gasteiger partial charge in [0, 0.05) is 18.0 Å². The average Bonchev–Trinajstić information content (AvgIpc) is 2.70. The summed E-state index contributed by atoms with van der Waals surface area (Å²) in [4.78, 5) is 25.0. The van der Waals surface area contributed by atoms with E-state index in [1.807, 2.05) is 17.5 Å². The third kappa shape index (κ3) is 2.40. The number of carboxylic acids is 1. The van der Waals surface area contributed by atoms with Gasteiger partial charge in [0.25, 0.3) is 0 Å². The minimum atomic E-state index is -0.892. The number of thiophene rings is 1. The van der Waals surface area contributed by atoms with Crippen LogP contribution in [0.15, 0.2) is 17.5 Å². The van der Waals surface area contributed by atoms with Crippen LogP contribution in [-0.4, -0.2) is 41.0 Å². The summed E-state index contributed by atoms with van der Waals surface area (Å²) >= 11 is 1.57. The molecule has 1 unspecified atom stereocenters. The Morgan fingerprint density at radius 2 is 2.50 bits per heavy atom. The van der Waals surface area contributed by atoms with Gasteiger partial charge in [0.1, 0.15) is 6.04 Å². The molecule has 1 fully saturated rings. The first-order valence-corrected chi connectivity index (χ1v) is 5.80. The number of carboxylic acid groups (broad SMARTS) is 1. The van der Waals surface area contributed by atoms with Crippen molar-refractivity contribution in [1.82, 2.24) is 10.2 Å². The zero-order valence-electron chi connectivity index (χ0n) is 8.55. The molecule has 0 saturated carbocycles. The van der Waals surface area contributed by atoms with E-state index in [4.69, 9.17) is 5.11 Å². The minimum absolute atomic E-state index is 0.117. The molecule has 0 spiro atoms. The Hall–Kier alpha value is -1.40. The molecular formula is C10H12N2O3S. The van der Waals surface area contributed by atoms with E-state index in [-0.39, 0.29) is 19.0 Å². The Labute approximate surface area is 96.7 Å². The van der Waals surface area contributed by atoms with Gasteiger partial charge >= 0.3 is 5.97 Å². The summed E-state index contributed by atoms with van der Waals surface area (Å²) < 4.78 is 0. The van der Waals surface area contributed by atoms with Gasteiger partial charge in [-0.1, -0.05) is 6.07 Å². The molecule has 0 radical (unpaired) electrons. The van der Waals surface area contributed by atoms with E-state index in [1.165, 1.54) is 0 Å². The number of hydrogen-bond acceptors (Lipinski definition) is 4. The largest absolute Gasteiger partial charge is 0.480 e. The lowest BCUT2D eigenvalue weighted by atomic mass is 10.2. The van der Waals surface area contributed by atoms with Crippen LogP contribution in [-0.2, 0) is 16.1 Å². The molecule has 16 heavy (non-hydrogen) atoms. The number of carbonyl (C=O) groups excluding carboxylic acids is 1. The Morgan fingerprint density at radius 1 is 1.69 bits per heavy atom. The highest BCUT2D eigenvalue weighted by molar-refractivity contribution is 7.09. The van der Waals surface area contributed by atoms with Crippen LogP contribution in [0.2, 0.25) is 0 Å². The van der Waals surface area contributed by atoms with Crippen LogP contribution in [0.1, 0.15) is 4.88 Å². The van der Waals surface area contributed by atoms with Gasteiger partial charge in [-0.05, 0) is 11.4 Å². The number of rotatable bonds is 3. The Balaban J connectivity index is 2.08. The third-order valence-corrected chi connectivity index (χ3v) is 3.37. The molecule has 1 amide bonds. The molecule has 86 valence electrons. The molecular weight excluding hydrogens is 228 g/mol. The standard InChI is InChI=1S/C10H12N2O3S/c13-9-6-12(5-7-2-1-3-16-7)8(4-11-9)10(14)15/h1-3,8H,4-6H2,(H,11,13)(H,14,15). The summed E-state index contributed by atoms with van der Waals surface area (Å²) in [6.45, 7) is 0.844. The summed E-state index contributed by atoms with van der Waals surface area (Å²) in [5.41, 5.74) is 0. The summed E-state index contributed by atoms with van der Waals surface area (Å²) in [5.74, 6) is -1.01. The maximum atomic E-state index is 11.2. The van der Waals surface area contributed by atoms with Gasteiger partial charge < -0.3 is 10.4 Å². The van der Waals surface area contributed by atoms with Crippen molar-refractivity contribution >= 4 is 23.2 Å². The molecule has 1 aliphatic heterocycles. The molecule has 1 saturated heterocycles. The SMILES string of the molecule is O=C1CN(Cc2cccs2)C(C(=O)O)CN1. The Morgan fingerprint density at radius 3 is 3.12 bits per heavy atom. The monoisotopic (exact) mass is 240 g/mol. The van der Waals surface area contributed by atoms with Crippen LogP contribution in [0.5, 0.6) is 0 Å². The molecule has 6 heteroatoms. The fourth-order valence-electron chi connectivity index (χ4n) is 1.70. The molecule has 1 atom stereocenters. The highest BCUT2D eigenvalue weighted by Crippen LogP contribution is 2.15. The number of carbonyl (C=O) groups is 2. The van der Waals surface area contributed by atoms with Crippen molar-refractivity contribution in [2.24, 2.45) is 0 Å². The highest BCUT2D eigenvalue weighted by Gasteiger charge is 2.31. The van der Waals surface area contributed by atoms with Crippen LogP contribution in [0.4, 0.5) is 0 Å². The number of aliphatic carboxylic acids is 1. The fourth-order valence-corrected chi connectivity index (χ4v) is 2.43. The molecule has 2 rings (SSSR count). The van der Waals surface area contributed by atoms with Gasteiger partial charge in [0.2, 0.25) is 5.91 Å². The molecule has 0 aromatic carbocycles. The number of piperazine rings is 1. The van der Waals surface area contributed by atoms with Gasteiger partial charge in [-0.15, -0.1) is 11.3 Å². The van der Waals surface area contributed by atoms with Crippen molar-refractivity contribution < 1.29 is 14.7 Å². The van der Waals surface area contributed by atoms with E-state index >= 15 is 0 Å². The minimum Gasteiger partial charge on any atom is -0.480 e. The lowest BCUT2D eigenvalue weighted by Crippen LogP contribution is -2.56. The zero-order chi connectivity index (χ0) is 11.5. The second-order valence-corrected chi connectivity index (χ2v) is 4.67. The van der Waals surface area contributed by atoms with Crippen LogP contribution in [0.25, 0.3) is 0 Å². The zero-order valence-corrected chi connectivity index (χ0v) is 9.37.